The Morgan fingerprint density at radius 3 is 2.49 bits per heavy atom. The van der Waals surface area contributed by atoms with Gasteiger partial charge in [0.2, 0.25) is 0 Å². The molecule has 1 N–H and O–H groups in total. The van der Waals surface area contributed by atoms with Crippen molar-refractivity contribution in [2.24, 2.45) is 0 Å². The number of fused-ring (bicyclic) bond motifs is 1. The molecule has 10 heteroatoms. The topological polar surface area (TPSA) is 99.2 Å². The number of carbonyl (C=O) groups is 1. The van der Waals surface area contributed by atoms with E-state index in [2.05, 4.69) is 11.0 Å². The Morgan fingerprint density at radius 1 is 0.911 bits per heavy atom. The summed E-state index contributed by atoms with van der Waals surface area (Å²) >= 11 is 0. The second kappa shape index (κ2) is 16.5. The molecule has 10 nitrogen and oxygen atoms in total. The van der Waals surface area contributed by atoms with E-state index >= 15 is 0 Å². The van der Waals surface area contributed by atoms with E-state index in [4.69, 9.17) is 28.4 Å². The van der Waals surface area contributed by atoms with Crippen LogP contribution >= 0.6 is 0 Å². The molecule has 0 radical (unpaired) electrons. The highest BCUT2D eigenvalue weighted by atomic mass is 16.6. The molecular formula is C35H44N2O8. The number of β-amino-alcohol motifs (C(OH)–C–C–N with tert-alkyl or cyclic N) is 1. The van der Waals surface area contributed by atoms with Crippen LogP contribution in [0.4, 0.5) is 10.5 Å². The van der Waals surface area contributed by atoms with E-state index in [0.717, 1.165) is 53.4 Å². The van der Waals surface area contributed by atoms with E-state index in [1.807, 2.05) is 66.7 Å². The summed E-state index contributed by atoms with van der Waals surface area (Å²) in [6.07, 6.45) is -0.903. The molecule has 0 unspecified atom stereocenters. The summed E-state index contributed by atoms with van der Waals surface area (Å²) in [5.41, 5.74) is 3.82. The molecule has 0 spiro atoms. The zero-order valence-electron chi connectivity index (χ0n) is 26.1. The fraction of sp³-hybridized carbons (Fsp3) is 0.457. The molecule has 3 aromatic rings. The van der Waals surface area contributed by atoms with Crippen molar-refractivity contribution < 1.29 is 38.3 Å². The lowest BCUT2D eigenvalue weighted by molar-refractivity contribution is -0.0692. The predicted octanol–water partition coefficient (Wildman–Crippen LogP) is 4.63. The van der Waals surface area contributed by atoms with Crippen molar-refractivity contribution in [3.05, 3.63) is 89.5 Å². The van der Waals surface area contributed by atoms with Gasteiger partial charge in [-0.1, -0.05) is 48.5 Å². The molecule has 2 heterocycles. The van der Waals surface area contributed by atoms with Crippen LogP contribution in [-0.2, 0) is 32.2 Å². The number of amides is 1. The second-order valence-corrected chi connectivity index (χ2v) is 11.3. The lowest BCUT2D eigenvalue weighted by Gasteiger charge is -2.41. The summed E-state index contributed by atoms with van der Waals surface area (Å²) in [6, 6.07) is 23.3. The molecule has 1 amide bonds. The highest BCUT2D eigenvalue weighted by Crippen LogP contribution is 2.35. The highest BCUT2D eigenvalue weighted by molar-refractivity contribution is 5.68. The minimum atomic E-state index is -0.860. The van der Waals surface area contributed by atoms with E-state index in [1.54, 1.807) is 14.2 Å². The minimum absolute atomic E-state index is 0.136. The third kappa shape index (κ3) is 8.88. The number of methoxy groups -OCH3 is 2. The second-order valence-electron chi connectivity index (χ2n) is 11.3. The summed E-state index contributed by atoms with van der Waals surface area (Å²) in [7, 11) is 3.35. The smallest absolute Gasteiger partial charge is 0.410 e. The van der Waals surface area contributed by atoms with Gasteiger partial charge in [-0.3, -0.25) is 0 Å². The van der Waals surface area contributed by atoms with Crippen molar-refractivity contribution >= 4 is 11.8 Å². The first kappa shape index (κ1) is 32.6. The lowest BCUT2D eigenvalue weighted by Crippen LogP contribution is -2.53. The van der Waals surface area contributed by atoms with Crippen LogP contribution in [0.5, 0.6) is 11.5 Å². The number of piperidine rings is 1. The number of anilines is 1. The molecule has 242 valence electrons. The van der Waals surface area contributed by atoms with E-state index in [1.165, 1.54) is 4.90 Å². The van der Waals surface area contributed by atoms with Gasteiger partial charge in [-0.2, -0.15) is 0 Å². The lowest BCUT2D eigenvalue weighted by atomic mass is 9.84. The fourth-order valence-corrected chi connectivity index (χ4v) is 5.82. The van der Waals surface area contributed by atoms with Crippen LogP contribution in [0.3, 0.4) is 0 Å². The summed E-state index contributed by atoms with van der Waals surface area (Å²) in [5, 5.41) is 11.4. The average Bonchev–Trinajstić information content (AvgIpc) is 3.07. The first-order valence-electron chi connectivity index (χ1n) is 15.5. The van der Waals surface area contributed by atoms with Gasteiger partial charge >= 0.3 is 6.09 Å². The minimum Gasteiger partial charge on any atom is -0.491 e. The van der Waals surface area contributed by atoms with E-state index in [-0.39, 0.29) is 25.6 Å². The van der Waals surface area contributed by atoms with Gasteiger partial charge in [0.1, 0.15) is 31.3 Å². The maximum absolute atomic E-state index is 13.1. The molecule has 5 rings (SSSR count). The van der Waals surface area contributed by atoms with E-state index in [9.17, 15) is 9.90 Å². The number of rotatable bonds is 14. The number of nitrogens with zero attached hydrogens (tertiary/aromatic N) is 2. The van der Waals surface area contributed by atoms with Crippen LogP contribution < -0.4 is 14.4 Å². The third-order valence-electron chi connectivity index (χ3n) is 8.13. The Balaban J connectivity index is 1.31. The van der Waals surface area contributed by atoms with Crippen LogP contribution in [0.25, 0.3) is 0 Å². The molecule has 2 aliphatic heterocycles. The van der Waals surface area contributed by atoms with Crippen LogP contribution in [-0.4, -0.2) is 95.1 Å². The molecule has 1 saturated heterocycles. The Hall–Kier alpha value is -3.83. The normalized spacial score (nSPS) is 19.5. The molecule has 0 aromatic heterocycles. The number of benzene rings is 3. The standard InChI is InChI=1S/C35H44N2O8/c1-40-17-6-15-36-16-18-43-32-14-9-27(21-30(32)36)25-44-33-23-37(35(39)45-24-26-7-4-3-5-8-26)22-31(38)34(33)28-10-12-29(13-11-28)42-20-19-41-2/h3-5,7-14,21,31,33-34,38H,6,15-20,22-25H2,1-2H3/t31-,33+,34+/m1/s1. The summed E-state index contributed by atoms with van der Waals surface area (Å²) < 4.78 is 34.1. The first-order chi connectivity index (χ1) is 22.1. The monoisotopic (exact) mass is 620 g/mol. The van der Waals surface area contributed by atoms with Gasteiger partial charge in [0.15, 0.2) is 0 Å². The number of hydrogen-bond donors (Lipinski definition) is 1. The van der Waals surface area contributed by atoms with Gasteiger partial charge in [-0.25, -0.2) is 4.79 Å². The molecule has 0 aliphatic carbocycles. The quantitative estimate of drug-likeness (QED) is 0.259. The van der Waals surface area contributed by atoms with E-state index in [0.29, 0.717) is 33.0 Å². The number of carbonyl (C=O) groups excluding carboxylic acids is 1. The van der Waals surface area contributed by atoms with Crippen molar-refractivity contribution in [3.63, 3.8) is 0 Å². The molecular weight excluding hydrogens is 576 g/mol. The van der Waals surface area contributed by atoms with Gasteiger partial charge in [-0.05, 0) is 47.4 Å². The highest BCUT2D eigenvalue weighted by Gasteiger charge is 2.40. The van der Waals surface area contributed by atoms with Gasteiger partial charge in [0, 0.05) is 33.3 Å². The van der Waals surface area contributed by atoms with Crippen molar-refractivity contribution in [3.8, 4) is 11.5 Å². The van der Waals surface area contributed by atoms with Crippen molar-refractivity contribution in [1.29, 1.82) is 0 Å². The maximum Gasteiger partial charge on any atom is 0.410 e. The number of aliphatic hydroxyl groups excluding tert-OH is 1. The number of likely N-dealkylation sites (tertiary alicyclic amines) is 1. The Morgan fingerprint density at radius 2 is 1.71 bits per heavy atom. The first-order valence-corrected chi connectivity index (χ1v) is 15.5. The zero-order chi connectivity index (χ0) is 31.4. The Kier molecular flexibility index (Phi) is 11.9. The third-order valence-corrected chi connectivity index (χ3v) is 8.13. The molecule has 2 aliphatic rings. The Bertz CT molecular complexity index is 1340. The molecule has 0 bridgehead atoms. The van der Waals surface area contributed by atoms with Gasteiger partial charge < -0.3 is 43.3 Å². The van der Waals surface area contributed by atoms with Gasteiger partial charge in [0.05, 0.1) is 50.7 Å². The zero-order valence-corrected chi connectivity index (χ0v) is 26.1. The van der Waals surface area contributed by atoms with Crippen LogP contribution in [0.1, 0.15) is 29.0 Å². The summed E-state index contributed by atoms with van der Waals surface area (Å²) in [5.74, 6) is 1.22. The van der Waals surface area contributed by atoms with Crippen molar-refractivity contribution in [1.82, 2.24) is 4.90 Å². The van der Waals surface area contributed by atoms with Gasteiger partial charge in [0.25, 0.3) is 0 Å². The number of aliphatic hydroxyl groups is 1. The molecule has 45 heavy (non-hydrogen) atoms. The van der Waals surface area contributed by atoms with Crippen LogP contribution in [0.2, 0.25) is 0 Å². The molecule has 0 saturated carbocycles. The molecule has 3 aromatic carbocycles. The molecule has 3 atom stereocenters. The van der Waals surface area contributed by atoms with Gasteiger partial charge in [-0.15, -0.1) is 0 Å². The average molecular weight is 621 g/mol. The van der Waals surface area contributed by atoms with Crippen molar-refractivity contribution in [2.75, 3.05) is 71.7 Å². The number of hydrogen-bond acceptors (Lipinski definition) is 9. The Labute approximate surface area is 265 Å². The van der Waals surface area contributed by atoms with Crippen LogP contribution in [0.15, 0.2) is 72.8 Å². The summed E-state index contributed by atoms with van der Waals surface area (Å²) in [6.45, 7) is 4.84. The van der Waals surface area contributed by atoms with E-state index < -0.39 is 18.3 Å². The maximum atomic E-state index is 13.1. The fourth-order valence-electron chi connectivity index (χ4n) is 5.82. The molecule has 1 fully saturated rings. The summed E-state index contributed by atoms with van der Waals surface area (Å²) in [4.78, 5) is 17.0. The number of ether oxygens (including phenoxy) is 6. The SMILES string of the molecule is COCCCN1CCOc2ccc(CO[C@H]3CN(C(=O)OCc4ccccc4)C[C@@H](O)[C@@H]3c3ccc(OCCOC)cc3)cc21. The predicted molar refractivity (Wildman–Crippen MR) is 170 cm³/mol. The van der Waals surface area contributed by atoms with Crippen LogP contribution in [0, 0.1) is 0 Å². The van der Waals surface area contributed by atoms with Crippen molar-refractivity contribution in [2.45, 2.75) is 37.8 Å². The largest absolute Gasteiger partial charge is 0.491 e.